The Labute approximate surface area is 184 Å². The molecule has 0 spiro atoms. The molecular weight excluding hydrogens is 410 g/mol. The highest BCUT2D eigenvalue weighted by molar-refractivity contribution is 7.16. The van der Waals surface area contributed by atoms with Crippen molar-refractivity contribution in [3.63, 3.8) is 0 Å². The van der Waals surface area contributed by atoms with Crippen molar-refractivity contribution in [2.24, 2.45) is 0 Å². The van der Waals surface area contributed by atoms with Crippen LogP contribution in [0.5, 0.6) is 5.75 Å². The number of ether oxygens (including phenoxy) is 1. The zero-order chi connectivity index (χ0) is 21.8. The van der Waals surface area contributed by atoms with Crippen molar-refractivity contribution in [1.29, 1.82) is 0 Å². The smallest absolute Gasteiger partial charge is 0.265 e. The van der Waals surface area contributed by atoms with Crippen LogP contribution in [0, 0.1) is 6.92 Å². The molecule has 6 nitrogen and oxygen atoms in total. The first-order valence-corrected chi connectivity index (χ1v) is 10.6. The lowest BCUT2D eigenvalue weighted by molar-refractivity contribution is -0.121. The number of hydrogen-bond donors (Lipinski definition) is 1. The molecule has 0 saturated heterocycles. The number of benzene rings is 2. The number of nitrogens with one attached hydrogen (secondary N) is 1. The number of aromatic nitrogens is 1. The summed E-state index contributed by atoms with van der Waals surface area (Å²) in [4.78, 5) is 31.7. The Morgan fingerprint density at radius 1 is 1.29 bits per heavy atom. The van der Waals surface area contributed by atoms with E-state index < -0.39 is 0 Å². The lowest BCUT2D eigenvalue weighted by Crippen LogP contribution is -2.38. The van der Waals surface area contributed by atoms with Crippen LogP contribution in [0.15, 0.2) is 67.3 Å². The minimum absolute atomic E-state index is 0.0165. The second kappa shape index (κ2) is 8.97. The van der Waals surface area contributed by atoms with Crippen LogP contribution in [0.1, 0.15) is 10.4 Å². The normalized spacial score (nSPS) is 13.1. The van der Waals surface area contributed by atoms with Crippen molar-refractivity contribution >= 4 is 40.0 Å². The van der Waals surface area contributed by atoms with Crippen LogP contribution in [-0.2, 0) is 9.59 Å². The third-order valence-electron chi connectivity index (χ3n) is 4.74. The number of fused-ring (bicyclic) bond motifs is 1. The van der Waals surface area contributed by atoms with E-state index in [1.165, 1.54) is 17.4 Å². The molecule has 7 heteroatoms. The molecule has 2 amide bonds. The molecule has 3 aromatic rings. The molecule has 4 rings (SSSR count). The highest BCUT2D eigenvalue weighted by atomic mass is 32.1. The van der Waals surface area contributed by atoms with E-state index in [4.69, 9.17) is 4.74 Å². The van der Waals surface area contributed by atoms with Gasteiger partial charge >= 0.3 is 0 Å². The topological polar surface area (TPSA) is 71.5 Å². The van der Waals surface area contributed by atoms with Gasteiger partial charge in [0.05, 0.1) is 11.4 Å². The number of anilines is 2. The van der Waals surface area contributed by atoms with Gasteiger partial charge in [-0.25, -0.2) is 4.98 Å². The zero-order valence-electron chi connectivity index (χ0n) is 17.0. The van der Waals surface area contributed by atoms with Crippen LogP contribution in [-0.4, -0.2) is 29.9 Å². The van der Waals surface area contributed by atoms with E-state index in [2.05, 4.69) is 16.9 Å². The third kappa shape index (κ3) is 4.57. The number of rotatable bonds is 6. The van der Waals surface area contributed by atoms with Crippen LogP contribution in [0.25, 0.3) is 17.3 Å². The maximum absolute atomic E-state index is 12.3. The fraction of sp³-hybridized carbons (Fsp3) is 0.125. The fourth-order valence-corrected chi connectivity index (χ4v) is 4.12. The Morgan fingerprint density at radius 2 is 2.10 bits per heavy atom. The van der Waals surface area contributed by atoms with Gasteiger partial charge in [-0.1, -0.05) is 36.4 Å². The summed E-state index contributed by atoms with van der Waals surface area (Å²) < 4.78 is 5.55. The predicted octanol–water partition coefficient (Wildman–Crippen LogP) is 4.68. The van der Waals surface area contributed by atoms with E-state index in [9.17, 15) is 9.59 Å². The van der Waals surface area contributed by atoms with Crippen LogP contribution >= 0.6 is 11.3 Å². The first-order chi connectivity index (χ1) is 15.0. The molecule has 1 aromatic heterocycles. The summed E-state index contributed by atoms with van der Waals surface area (Å²) in [6, 6.07) is 15.3. The molecule has 31 heavy (non-hydrogen) atoms. The Hall–Kier alpha value is -3.71. The van der Waals surface area contributed by atoms with Crippen LogP contribution in [0.3, 0.4) is 0 Å². The van der Waals surface area contributed by atoms with Crippen LogP contribution in [0.4, 0.5) is 10.8 Å². The number of hydrogen-bond acceptors (Lipinski definition) is 5. The van der Waals surface area contributed by atoms with Crippen molar-refractivity contribution in [2.45, 2.75) is 6.92 Å². The number of aryl methyl sites for hydroxylation is 1. The molecule has 0 saturated carbocycles. The van der Waals surface area contributed by atoms with E-state index in [-0.39, 0.29) is 18.4 Å². The first kappa shape index (κ1) is 20.6. The fourth-order valence-electron chi connectivity index (χ4n) is 3.28. The molecule has 0 atom stereocenters. The molecule has 0 fully saturated rings. The Kier molecular flexibility index (Phi) is 5.95. The van der Waals surface area contributed by atoms with Gasteiger partial charge in [-0.15, -0.1) is 17.9 Å². The van der Waals surface area contributed by atoms with Crippen molar-refractivity contribution in [3.8, 4) is 17.0 Å². The lowest BCUT2D eigenvalue weighted by atomic mass is 10.1. The monoisotopic (exact) mass is 431 g/mol. The summed E-state index contributed by atoms with van der Waals surface area (Å²) >= 11 is 1.40. The number of carbonyl (C=O) groups excluding carboxylic acids is 2. The molecule has 2 heterocycles. The Bertz CT molecular complexity index is 1170. The van der Waals surface area contributed by atoms with Crippen molar-refractivity contribution < 1.29 is 14.3 Å². The summed E-state index contributed by atoms with van der Waals surface area (Å²) in [5.41, 5.74) is 3.24. The maximum Gasteiger partial charge on any atom is 0.265 e. The van der Waals surface area contributed by atoms with E-state index in [1.807, 2.05) is 55.5 Å². The molecule has 1 aliphatic heterocycles. The molecular formula is C24H21N3O3S. The minimum atomic E-state index is -0.245. The summed E-state index contributed by atoms with van der Waals surface area (Å²) in [5.74, 6) is 0.293. The van der Waals surface area contributed by atoms with Gasteiger partial charge in [-0.2, -0.15) is 0 Å². The van der Waals surface area contributed by atoms with Gasteiger partial charge in [0, 0.05) is 23.1 Å². The van der Waals surface area contributed by atoms with Crippen LogP contribution in [0.2, 0.25) is 0 Å². The Morgan fingerprint density at radius 3 is 2.87 bits per heavy atom. The second-order valence-corrected chi connectivity index (χ2v) is 8.12. The highest BCUT2D eigenvalue weighted by Gasteiger charge is 2.25. The highest BCUT2D eigenvalue weighted by Crippen LogP contribution is 2.38. The van der Waals surface area contributed by atoms with Gasteiger partial charge in [0.2, 0.25) is 5.91 Å². The molecule has 0 aliphatic carbocycles. The van der Waals surface area contributed by atoms with Crippen molar-refractivity contribution in [1.82, 2.24) is 4.98 Å². The number of thiazole rings is 1. The van der Waals surface area contributed by atoms with Gasteiger partial charge in [-0.3, -0.25) is 14.9 Å². The number of nitrogens with zero attached hydrogens (tertiary/aromatic N) is 2. The van der Waals surface area contributed by atoms with Crippen molar-refractivity contribution in [2.75, 3.05) is 23.4 Å². The molecule has 0 bridgehead atoms. The van der Waals surface area contributed by atoms with E-state index in [1.54, 1.807) is 17.1 Å². The Balaban J connectivity index is 1.55. The molecule has 1 N–H and O–H groups in total. The molecule has 1 aliphatic rings. The molecule has 156 valence electrons. The predicted molar refractivity (Wildman–Crippen MR) is 124 cm³/mol. The zero-order valence-corrected chi connectivity index (χ0v) is 17.8. The van der Waals surface area contributed by atoms with E-state index in [0.29, 0.717) is 23.1 Å². The molecule has 0 unspecified atom stereocenters. The third-order valence-corrected chi connectivity index (χ3v) is 5.63. The molecule has 0 radical (unpaired) electrons. The minimum Gasteiger partial charge on any atom is -0.482 e. The summed E-state index contributed by atoms with van der Waals surface area (Å²) in [6.07, 6.45) is 4.93. The van der Waals surface area contributed by atoms with Gasteiger partial charge < -0.3 is 9.64 Å². The number of carbonyl (C=O) groups is 2. The summed E-state index contributed by atoms with van der Waals surface area (Å²) in [6.45, 7) is 6.10. The van der Waals surface area contributed by atoms with Gasteiger partial charge in [-0.05, 0) is 36.8 Å². The quantitative estimate of drug-likeness (QED) is 0.454. The standard InChI is InChI=1S/C24H21N3O3S/c1-3-13-27-19-14-18(10-11-20(19)30-15-22(27)29)23-16(2)31-24(26-23)25-21(28)12-9-17-7-5-4-6-8-17/h3-12,14H,1,13,15H2,2H3,(H,25,26,28)/b12-9+. The average molecular weight is 432 g/mol. The first-order valence-electron chi connectivity index (χ1n) is 9.75. The lowest BCUT2D eigenvalue weighted by Gasteiger charge is -2.28. The van der Waals surface area contributed by atoms with Gasteiger partial charge in [0.15, 0.2) is 11.7 Å². The average Bonchev–Trinajstić information content (AvgIpc) is 3.14. The second-order valence-electron chi connectivity index (χ2n) is 6.92. The SMILES string of the molecule is C=CCN1C(=O)COc2ccc(-c3nc(NC(=O)/C=C/c4ccccc4)sc3C)cc21. The van der Waals surface area contributed by atoms with Crippen molar-refractivity contribution in [3.05, 3.63) is 77.7 Å². The van der Waals surface area contributed by atoms with Gasteiger partial charge in [0.25, 0.3) is 5.91 Å². The van der Waals surface area contributed by atoms with E-state index in [0.717, 1.165) is 21.7 Å². The molecule has 2 aromatic carbocycles. The summed E-state index contributed by atoms with van der Waals surface area (Å²) in [7, 11) is 0. The maximum atomic E-state index is 12.3. The van der Waals surface area contributed by atoms with E-state index >= 15 is 0 Å². The number of amides is 2. The van der Waals surface area contributed by atoms with Gasteiger partial charge in [0.1, 0.15) is 5.75 Å². The van der Waals surface area contributed by atoms with Crippen LogP contribution < -0.4 is 15.0 Å². The largest absolute Gasteiger partial charge is 0.482 e. The summed E-state index contributed by atoms with van der Waals surface area (Å²) in [5, 5.41) is 3.34.